The van der Waals surface area contributed by atoms with Gasteiger partial charge < -0.3 is 10.6 Å². The highest BCUT2D eigenvalue weighted by molar-refractivity contribution is 5.88. The largest absolute Gasteiger partial charge is 0.382 e. The van der Waals surface area contributed by atoms with E-state index in [2.05, 4.69) is 38.3 Å². The molecule has 0 bridgehead atoms. The standard InChI is InChI=1S/C17H28N2O/c1-12(2)10-17(11-13(3)4)19-16-8-6-15(7-9-16)18-14(5)20/h6-9,12-13,17,19H,10-11H2,1-5H3,(H,18,20). The SMILES string of the molecule is CC(=O)Nc1ccc(NC(CC(C)C)CC(C)C)cc1. The fraction of sp³-hybridized carbons (Fsp3) is 0.588. The first-order valence-corrected chi connectivity index (χ1v) is 7.51. The highest BCUT2D eigenvalue weighted by atomic mass is 16.1. The fourth-order valence-corrected chi connectivity index (χ4v) is 2.44. The molecule has 0 radical (unpaired) electrons. The molecule has 3 nitrogen and oxygen atoms in total. The topological polar surface area (TPSA) is 41.1 Å². The van der Waals surface area contributed by atoms with Crippen molar-refractivity contribution in [1.29, 1.82) is 0 Å². The molecule has 2 N–H and O–H groups in total. The second kappa shape index (κ2) is 7.93. The Morgan fingerprint density at radius 3 is 1.80 bits per heavy atom. The summed E-state index contributed by atoms with van der Waals surface area (Å²) in [6.45, 7) is 10.6. The second-order valence-corrected chi connectivity index (χ2v) is 6.36. The summed E-state index contributed by atoms with van der Waals surface area (Å²) in [6.07, 6.45) is 2.34. The van der Waals surface area contributed by atoms with Crippen molar-refractivity contribution in [2.75, 3.05) is 10.6 Å². The van der Waals surface area contributed by atoms with Crippen LogP contribution in [-0.4, -0.2) is 11.9 Å². The molecule has 3 heteroatoms. The normalized spacial score (nSPS) is 11.2. The van der Waals surface area contributed by atoms with Crippen molar-refractivity contribution in [3.05, 3.63) is 24.3 Å². The number of carbonyl (C=O) groups is 1. The molecule has 0 heterocycles. The molecule has 0 aliphatic heterocycles. The van der Waals surface area contributed by atoms with E-state index in [0.717, 1.165) is 11.4 Å². The smallest absolute Gasteiger partial charge is 0.221 e. The number of hydrogen-bond donors (Lipinski definition) is 2. The Morgan fingerprint density at radius 1 is 0.950 bits per heavy atom. The molecule has 112 valence electrons. The average molecular weight is 276 g/mol. The predicted octanol–water partition coefficient (Wildman–Crippen LogP) is 4.52. The fourth-order valence-electron chi connectivity index (χ4n) is 2.44. The van der Waals surface area contributed by atoms with Gasteiger partial charge in [-0.15, -0.1) is 0 Å². The van der Waals surface area contributed by atoms with Crippen molar-refractivity contribution in [2.45, 2.75) is 53.5 Å². The van der Waals surface area contributed by atoms with Gasteiger partial charge in [-0.1, -0.05) is 27.7 Å². The van der Waals surface area contributed by atoms with Gasteiger partial charge in [0, 0.05) is 24.3 Å². The molecule has 0 saturated carbocycles. The molecule has 20 heavy (non-hydrogen) atoms. The number of benzene rings is 1. The first-order chi connectivity index (χ1) is 9.36. The van der Waals surface area contributed by atoms with Crippen LogP contribution in [0.15, 0.2) is 24.3 Å². The van der Waals surface area contributed by atoms with Gasteiger partial charge in [0.2, 0.25) is 5.91 Å². The van der Waals surface area contributed by atoms with E-state index in [-0.39, 0.29) is 5.91 Å². The zero-order valence-electron chi connectivity index (χ0n) is 13.4. The molecular formula is C17H28N2O. The molecule has 0 saturated heterocycles. The van der Waals surface area contributed by atoms with Crippen LogP contribution < -0.4 is 10.6 Å². The van der Waals surface area contributed by atoms with Gasteiger partial charge in [-0.3, -0.25) is 4.79 Å². The van der Waals surface area contributed by atoms with Crippen molar-refractivity contribution in [1.82, 2.24) is 0 Å². The molecule has 0 spiro atoms. The third-order valence-corrected chi connectivity index (χ3v) is 3.09. The quantitative estimate of drug-likeness (QED) is 0.769. The zero-order valence-corrected chi connectivity index (χ0v) is 13.4. The summed E-state index contributed by atoms with van der Waals surface area (Å²) in [6, 6.07) is 8.43. The number of nitrogens with one attached hydrogen (secondary N) is 2. The molecule has 1 aromatic rings. The maximum absolute atomic E-state index is 11.0. The first kappa shape index (κ1) is 16.5. The molecule has 1 aromatic carbocycles. The van der Waals surface area contributed by atoms with Crippen LogP contribution >= 0.6 is 0 Å². The summed E-state index contributed by atoms with van der Waals surface area (Å²) in [5.74, 6) is 1.33. The summed E-state index contributed by atoms with van der Waals surface area (Å²) in [4.78, 5) is 11.0. The third kappa shape index (κ3) is 6.60. The number of hydrogen-bond acceptors (Lipinski definition) is 2. The van der Waals surface area contributed by atoms with Crippen LogP contribution in [0.5, 0.6) is 0 Å². The lowest BCUT2D eigenvalue weighted by molar-refractivity contribution is -0.114. The molecule has 0 aliphatic carbocycles. The van der Waals surface area contributed by atoms with Gasteiger partial charge in [0.25, 0.3) is 0 Å². The summed E-state index contributed by atoms with van der Waals surface area (Å²) < 4.78 is 0. The van der Waals surface area contributed by atoms with Crippen LogP contribution in [0.2, 0.25) is 0 Å². The van der Waals surface area contributed by atoms with Crippen LogP contribution in [-0.2, 0) is 4.79 Å². The Morgan fingerprint density at radius 2 is 1.40 bits per heavy atom. The number of carbonyl (C=O) groups excluding carboxylic acids is 1. The molecule has 1 rings (SSSR count). The Labute approximate surface area is 123 Å². The van der Waals surface area contributed by atoms with E-state index in [1.807, 2.05) is 24.3 Å². The number of rotatable bonds is 7. The van der Waals surface area contributed by atoms with E-state index >= 15 is 0 Å². The molecule has 0 aromatic heterocycles. The predicted molar refractivity (Wildman–Crippen MR) is 87.1 cm³/mol. The van der Waals surface area contributed by atoms with E-state index in [9.17, 15) is 4.79 Å². The van der Waals surface area contributed by atoms with Crippen molar-refractivity contribution < 1.29 is 4.79 Å². The van der Waals surface area contributed by atoms with Gasteiger partial charge in [0.15, 0.2) is 0 Å². The van der Waals surface area contributed by atoms with E-state index in [1.165, 1.54) is 19.8 Å². The molecular weight excluding hydrogens is 248 g/mol. The van der Waals surface area contributed by atoms with Crippen molar-refractivity contribution in [2.24, 2.45) is 11.8 Å². The molecule has 0 fully saturated rings. The van der Waals surface area contributed by atoms with Crippen molar-refractivity contribution in [3.8, 4) is 0 Å². The Balaban J connectivity index is 2.65. The molecule has 0 unspecified atom stereocenters. The van der Waals surface area contributed by atoms with Gasteiger partial charge in [-0.2, -0.15) is 0 Å². The molecule has 0 aliphatic rings. The minimum Gasteiger partial charge on any atom is -0.382 e. The second-order valence-electron chi connectivity index (χ2n) is 6.36. The molecule has 1 amide bonds. The lowest BCUT2D eigenvalue weighted by Gasteiger charge is -2.23. The van der Waals surface area contributed by atoms with Gasteiger partial charge in [-0.25, -0.2) is 0 Å². The third-order valence-electron chi connectivity index (χ3n) is 3.09. The first-order valence-electron chi connectivity index (χ1n) is 7.51. The highest BCUT2D eigenvalue weighted by Gasteiger charge is 2.12. The van der Waals surface area contributed by atoms with E-state index in [4.69, 9.17) is 0 Å². The minimum atomic E-state index is -0.0387. The van der Waals surface area contributed by atoms with Crippen LogP contribution in [0.25, 0.3) is 0 Å². The van der Waals surface area contributed by atoms with Crippen molar-refractivity contribution in [3.63, 3.8) is 0 Å². The van der Waals surface area contributed by atoms with Gasteiger partial charge in [0.1, 0.15) is 0 Å². The van der Waals surface area contributed by atoms with E-state index < -0.39 is 0 Å². The maximum Gasteiger partial charge on any atom is 0.221 e. The maximum atomic E-state index is 11.0. The van der Waals surface area contributed by atoms with E-state index in [0.29, 0.717) is 17.9 Å². The average Bonchev–Trinajstić information content (AvgIpc) is 2.29. The molecule has 0 atom stereocenters. The number of amides is 1. The van der Waals surface area contributed by atoms with Crippen molar-refractivity contribution >= 4 is 17.3 Å². The minimum absolute atomic E-state index is 0.0387. The van der Waals surface area contributed by atoms with Gasteiger partial charge in [0.05, 0.1) is 0 Å². The Hall–Kier alpha value is -1.51. The van der Waals surface area contributed by atoms with Crippen LogP contribution in [0.4, 0.5) is 11.4 Å². The summed E-state index contributed by atoms with van der Waals surface area (Å²) >= 11 is 0. The highest BCUT2D eigenvalue weighted by Crippen LogP contribution is 2.20. The number of anilines is 2. The summed E-state index contributed by atoms with van der Waals surface area (Å²) in [7, 11) is 0. The van der Waals surface area contributed by atoms with Crippen LogP contribution in [0.3, 0.4) is 0 Å². The Bertz CT molecular complexity index is 400. The van der Waals surface area contributed by atoms with Gasteiger partial charge in [-0.05, 0) is 48.9 Å². The van der Waals surface area contributed by atoms with Crippen LogP contribution in [0.1, 0.15) is 47.5 Å². The zero-order chi connectivity index (χ0) is 15.1. The van der Waals surface area contributed by atoms with E-state index in [1.54, 1.807) is 0 Å². The van der Waals surface area contributed by atoms with Gasteiger partial charge >= 0.3 is 0 Å². The summed E-state index contributed by atoms with van der Waals surface area (Å²) in [5, 5.41) is 6.39. The lowest BCUT2D eigenvalue weighted by atomic mass is 9.95. The summed E-state index contributed by atoms with van der Waals surface area (Å²) in [5.41, 5.74) is 1.96. The Kier molecular flexibility index (Phi) is 6.56. The van der Waals surface area contributed by atoms with Crippen LogP contribution in [0, 0.1) is 11.8 Å². The monoisotopic (exact) mass is 276 g/mol. The lowest BCUT2D eigenvalue weighted by Crippen LogP contribution is -2.23.